The number of rotatable bonds is 6. The monoisotopic (exact) mass is 307 g/mol. The Morgan fingerprint density at radius 3 is 2.81 bits per heavy atom. The lowest BCUT2D eigenvalue weighted by molar-refractivity contribution is 0.182. The van der Waals surface area contributed by atoms with Crippen molar-refractivity contribution in [1.29, 1.82) is 0 Å². The first-order chi connectivity index (χ1) is 10.1. The van der Waals surface area contributed by atoms with E-state index in [1.165, 1.54) is 16.7 Å². The maximum absolute atomic E-state index is 6.38. The Balaban J connectivity index is 2.46. The van der Waals surface area contributed by atoms with Gasteiger partial charge in [-0.1, -0.05) is 35.4 Å². The van der Waals surface area contributed by atoms with Gasteiger partial charge in [-0.05, 0) is 32.0 Å². The van der Waals surface area contributed by atoms with Crippen molar-refractivity contribution in [2.45, 2.75) is 26.4 Å². The van der Waals surface area contributed by atoms with E-state index >= 15 is 0 Å². The van der Waals surface area contributed by atoms with Crippen LogP contribution in [0, 0.1) is 13.8 Å². The van der Waals surface area contributed by atoms with Gasteiger partial charge < -0.3 is 10.1 Å². The first kappa shape index (κ1) is 16.0. The summed E-state index contributed by atoms with van der Waals surface area (Å²) in [4.78, 5) is 0. The first-order valence-electron chi connectivity index (χ1n) is 7.03. The highest BCUT2D eigenvalue weighted by molar-refractivity contribution is 6.31. The molecule has 114 valence electrons. The van der Waals surface area contributed by atoms with Crippen LogP contribution in [0.4, 0.5) is 0 Å². The number of nitrogens with one attached hydrogen (secondary N) is 1. The Kier molecular flexibility index (Phi) is 5.39. The number of hydrogen-bond acceptors (Lipinski definition) is 3. The third kappa shape index (κ3) is 3.46. The SMILES string of the molecule is CNC(c1cc(C)ccc1C)c1c(Cl)cnn1CCOC. The summed E-state index contributed by atoms with van der Waals surface area (Å²) in [6, 6.07) is 6.46. The van der Waals surface area contributed by atoms with Crippen molar-refractivity contribution < 1.29 is 4.74 Å². The number of benzene rings is 1. The van der Waals surface area contributed by atoms with Crippen LogP contribution < -0.4 is 5.32 Å². The highest BCUT2D eigenvalue weighted by Crippen LogP contribution is 2.30. The van der Waals surface area contributed by atoms with Crippen LogP contribution in [-0.4, -0.2) is 30.5 Å². The molecule has 1 aromatic heterocycles. The van der Waals surface area contributed by atoms with Crippen molar-refractivity contribution in [3.63, 3.8) is 0 Å². The number of aromatic nitrogens is 2. The molecule has 0 amide bonds. The second-order valence-electron chi connectivity index (χ2n) is 5.18. The van der Waals surface area contributed by atoms with E-state index < -0.39 is 0 Å². The van der Waals surface area contributed by atoms with Crippen molar-refractivity contribution in [2.24, 2.45) is 0 Å². The molecule has 1 heterocycles. The summed E-state index contributed by atoms with van der Waals surface area (Å²) in [5.74, 6) is 0. The Hall–Kier alpha value is -1.36. The van der Waals surface area contributed by atoms with Crippen LogP contribution in [0.5, 0.6) is 0 Å². The Morgan fingerprint density at radius 1 is 1.38 bits per heavy atom. The van der Waals surface area contributed by atoms with Crippen molar-refractivity contribution in [1.82, 2.24) is 15.1 Å². The predicted octanol–water partition coefficient (Wildman–Crippen LogP) is 3.11. The largest absolute Gasteiger partial charge is 0.383 e. The summed E-state index contributed by atoms with van der Waals surface area (Å²) < 4.78 is 7.06. The highest BCUT2D eigenvalue weighted by Gasteiger charge is 2.22. The summed E-state index contributed by atoms with van der Waals surface area (Å²) in [7, 11) is 3.63. The van der Waals surface area contributed by atoms with Gasteiger partial charge in [0.25, 0.3) is 0 Å². The molecule has 1 aromatic carbocycles. The zero-order valence-electron chi connectivity index (χ0n) is 13.0. The molecule has 2 aromatic rings. The van der Waals surface area contributed by atoms with Crippen molar-refractivity contribution in [3.05, 3.63) is 51.8 Å². The summed E-state index contributed by atoms with van der Waals surface area (Å²) in [6.07, 6.45) is 1.70. The number of methoxy groups -OCH3 is 1. The van der Waals surface area contributed by atoms with Crippen LogP contribution in [0.25, 0.3) is 0 Å². The lowest BCUT2D eigenvalue weighted by Crippen LogP contribution is -2.23. The fourth-order valence-electron chi connectivity index (χ4n) is 2.53. The zero-order chi connectivity index (χ0) is 15.4. The third-order valence-corrected chi connectivity index (χ3v) is 3.94. The Bertz CT molecular complexity index is 610. The molecule has 4 nitrogen and oxygen atoms in total. The number of halogens is 1. The molecule has 0 radical (unpaired) electrons. The molecule has 1 N–H and O–H groups in total. The Labute approximate surface area is 131 Å². The maximum atomic E-state index is 6.38. The lowest BCUT2D eigenvalue weighted by Gasteiger charge is -2.21. The van der Waals surface area contributed by atoms with Crippen LogP contribution in [0.3, 0.4) is 0 Å². The standard InChI is InChI=1S/C16H22ClN3O/c1-11-5-6-12(2)13(9-11)15(18-3)16-14(17)10-19-20(16)7-8-21-4/h5-6,9-10,15,18H,7-8H2,1-4H3. The van der Waals surface area contributed by atoms with Gasteiger partial charge in [-0.25, -0.2) is 0 Å². The lowest BCUT2D eigenvalue weighted by atomic mass is 9.96. The van der Waals surface area contributed by atoms with E-state index in [-0.39, 0.29) is 6.04 Å². The van der Waals surface area contributed by atoms with Crippen molar-refractivity contribution in [2.75, 3.05) is 20.8 Å². The van der Waals surface area contributed by atoms with Gasteiger partial charge in [-0.15, -0.1) is 0 Å². The first-order valence-corrected chi connectivity index (χ1v) is 7.40. The number of hydrogen-bond donors (Lipinski definition) is 1. The molecule has 0 aliphatic heterocycles. The Morgan fingerprint density at radius 2 is 2.14 bits per heavy atom. The van der Waals surface area contributed by atoms with Crippen molar-refractivity contribution in [3.8, 4) is 0 Å². The van der Waals surface area contributed by atoms with E-state index in [0.717, 1.165) is 5.69 Å². The molecule has 0 spiro atoms. The van der Waals surface area contributed by atoms with E-state index in [1.54, 1.807) is 13.3 Å². The summed E-state index contributed by atoms with van der Waals surface area (Å²) in [5, 5.41) is 8.40. The molecule has 0 bridgehead atoms. The molecule has 0 aliphatic carbocycles. The van der Waals surface area contributed by atoms with E-state index in [1.807, 2.05) is 11.7 Å². The molecule has 0 fully saturated rings. The molecular formula is C16H22ClN3O. The van der Waals surface area contributed by atoms with Crippen LogP contribution >= 0.6 is 11.6 Å². The van der Waals surface area contributed by atoms with Gasteiger partial charge in [-0.2, -0.15) is 5.10 Å². The second kappa shape index (κ2) is 7.07. The molecule has 0 aliphatic rings. The van der Waals surface area contributed by atoms with Crippen LogP contribution in [0.2, 0.25) is 5.02 Å². The van der Waals surface area contributed by atoms with Gasteiger partial charge in [0.1, 0.15) is 0 Å². The minimum absolute atomic E-state index is 0.0109. The smallest absolute Gasteiger partial charge is 0.0837 e. The van der Waals surface area contributed by atoms with E-state index in [4.69, 9.17) is 16.3 Å². The highest BCUT2D eigenvalue weighted by atomic mass is 35.5. The molecule has 5 heteroatoms. The minimum atomic E-state index is 0.0109. The van der Waals surface area contributed by atoms with Gasteiger partial charge in [0.2, 0.25) is 0 Å². The fourth-order valence-corrected chi connectivity index (χ4v) is 2.78. The number of ether oxygens (including phenoxy) is 1. The predicted molar refractivity (Wildman–Crippen MR) is 85.9 cm³/mol. The average Bonchev–Trinajstić information content (AvgIpc) is 2.83. The topological polar surface area (TPSA) is 39.1 Å². The third-order valence-electron chi connectivity index (χ3n) is 3.65. The number of aryl methyl sites for hydroxylation is 2. The molecule has 2 rings (SSSR count). The normalized spacial score (nSPS) is 12.6. The van der Waals surface area contributed by atoms with Gasteiger partial charge in [0.15, 0.2) is 0 Å². The van der Waals surface area contributed by atoms with Crippen LogP contribution in [-0.2, 0) is 11.3 Å². The van der Waals surface area contributed by atoms with Crippen LogP contribution in [0.15, 0.2) is 24.4 Å². The summed E-state index contributed by atoms with van der Waals surface area (Å²) in [5.41, 5.74) is 4.66. The molecule has 0 saturated heterocycles. The maximum Gasteiger partial charge on any atom is 0.0837 e. The summed E-state index contributed by atoms with van der Waals surface area (Å²) >= 11 is 6.38. The van der Waals surface area contributed by atoms with E-state index in [2.05, 4.69) is 42.5 Å². The van der Waals surface area contributed by atoms with Crippen LogP contribution in [0.1, 0.15) is 28.4 Å². The average molecular weight is 308 g/mol. The number of nitrogens with zero attached hydrogens (tertiary/aromatic N) is 2. The van der Waals surface area contributed by atoms with E-state index in [0.29, 0.717) is 18.2 Å². The van der Waals surface area contributed by atoms with Gasteiger partial charge in [-0.3, -0.25) is 4.68 Å². The molecule has 1 atom stereocenters. The van der Waals surface area contributed by atoms with Gasteiger partial charge in [0, 0.05) is 7.11 Å². The molecule has 21 heavy (non-hydrogen) atoms. The van der Waals surface area contributed by atoms with Gasteiger partial charge in [0.05, 0.1) is 36.1 Å². The van der Waals surface area contributed by atoms with Gasteiger partial charge >= 0.3 is 0 Å². The quantitative estimate of drug-likeness (QED) is 0.891. The zero-order valence-corrected chi connectivity index (χ0v) is 13.7. The molecular weight excluding hydrogens is 286 g/mol. The second-order valence-corrected chi connectivity index (χ2v) is 5.58. The molecule has 0 saturated carbocycles. The molecule has 1 unspecified atom stereocenters. The van der Waals surface area contributed by atoms with Crippen molar-refractivity contribution >= 4 is 11.6 Å². The minimum Gasteiger partial charge on any atom is -0.383 e. The summed E-state index contributed by atoms with van der Waals surface area (Å²) in [6.45, 7) is 5.50. The van der Waals surface area contributed by atoms with E-state index in [9.17, 15) is 0 Å². The fraction of sp³-hybridized carbons (Fsp3) is 0.438.